The number of rotatable bonds is 2. The maximum absolute atomic E-state index is 13.2. The number of hydrogen-bond acceptors (Lipinski definition) is 3. The second-order valence-electron chi connectivity index (χ2n) is 7.07. The summed E-state index contributed by atoms with van der Waals surface area (Å²) < 4.78 is 6.00. The fourth-order valence-electron chi connectivity index (χ4n) is 3.85. The SMILES string of the molecule is O=C(c1cc(-c2cc3ccccc3o2)nc2ccccc12)N1CCCCC1. The van der Waals surface area contributed by atoms with E-state index in [4.69, 9.17) is 9.40 Å². The van der Waals surface area contributed by atoms with Crippen molar-refractivity contribution >= 4 is 27.8 Å². The number of hydrogen-bond donors (Lipinski definition) is 0. The topological polar surface area (TPSA) is 46.3 Å². The highest BCUT2D eigenvalue weighted by Gasteiger charge is 2.22. The van der Waals surface area contributed by atoms with Crippen LogP contribution >= 0.6 is 0 Å². The first-order chi connectivity index (χ1) is 13.3. The van der Waals surface area contributed by atoms with Gasteiger partial charge in [-0.2, -0.15) is 0 Å². The number of nitrogens with zero attached hydrogens (tertiary/aromatic N) is 2. The zero-order valence-corrected chi connectivity index (χ0v) is 15.0. The van der Waals surface area contributed by atoms with Gasteiger partial charge in [0.15, 0.2) is 5.76 Å². The molecule has 3 heterocycles. The number of fused-ring (bicyclic) bond motifs is 2. The molecule has 0 saturated carbocycles. The molecule has 4 heteroatoms. The number of para-hydroxylation sites is 2. The minimum absolute atomic E-state index is 0.0886. The van der Waals surface area contributed by atoms with Crippen molar-refractivity contribution in [2.45, 2.75) is 19.3 Å². The number of piperidine rings is 1. The summed E-state index contributed by atoms with van der Waals surface area (Å²) in [7, 11) is 0. The summed E-state index contributed by atoms with van der Waals surface area (Å²) in [5.74, 6) is 0.778. The highest BCUT2D eigenvalue weighted by molar-refractivity contribution is 6.07. The summed E-state index contributed by atoms with van der Waals surface area (Å²) in [5.41, 5.74) is 3.05. The minimum Gasteiger partial charge on any atom is -0.454 e. The molecule has 5 rings (SSSR count). The Morgan fingerprint density at radius 3 is 2.56 bits per heavy atom. The summed E-state index contributed by atoms with van der Waals surface area (Å²) in [6, 6.07) is 19.6. The van der Waals surface area contributed by atoms with Gasteiger partial charge in [-0.15, -0.1) is 0 Å². The molecule has 27 heavy (non-hydrogen) atoms. The summed E-state index contributed by atoms with van der Waals surface area (Å²) >= 11 is 0. The Balaban J connectivity index is 1.66. The number of amides is 1. The fraction of sp³-hybridized carbons (Fsp3) is 0.217. The number of furan rings is 1. The predicted molar refractivity (Wildman–Crippen MR) is 107 cm³/mol. The molecule has 1 aliphatic heterocycles. The van der Waals surface area contributed by atoms with Gasteiger partial charge >= 0.3 is 0 Å². The van der Waals surface area contributed by atoms with Crippen molar-refractivity contribution < 1.29 is 9.21 Å². The third-order valence-corrected chi connectivity index (χ3v) is 5.27. The molecule has 0 N–H and O–H groups in total. The molecule has 0 bridgehead atoms. The molecular weight excluding hydrogens is 336 g/mol. The Morgan fingerprint density at radius 1 is 0.926 bits per heavy atom. The summed E-state index contributed by atoms with van der Waals surface area (Å²) in [4.78, 5) is 20.0. The van der Waals surface area contributed by atoms with Gasteiger partial charge in [0.2, 0.25) is 0 Å². The number of pyridine rings is 1. The number of benzene rings is 2. The zero-order valence-electron chi connectivity index (χ0n) is 15.0. The van der Waals surface area contributed by atoms with E-state index >= 15 is 0 Å². The van der Waals surface area contributed by atoms with Gasteiger partial charge < -0.3 is 9.32 Å². The van der Waals surface area contributed by atoms with E-state index in [1.807, 2.05) is 65.6 Å². The van der Waals surface area contributed by atoms with Gasteiger partial charge in [0.05, 0.1) is 11.1 Å². The van der Waals surface area contributed by atoms with Crippen LogP contribution in [-0.2, 0) is 0 Å². The molecule has 2 aromatic heterocycles. The summed E-state index contributed by atoms with van der Waals surface area (Å²) in [6.45, 7) is 1.66. The van der Waals surface area contributed by atoms with E-state index in [-0.39, 0.29) is 5.91 Å². The van der Waals surface area contributed by atoms with E-state index < -0.39 is 0 Å². The van der Waals surface area contributed by atoms with Gasteiger partial charge in [0, 0.05) is 23.9 Å². The molecule has 134 valence electrons. The van der Waals surface area contributed by atoms with Crippen molar-refractivity contribution in [1.29, 1.82) is 0 Å². The van der Waals surface area contributed by atoms with Gasteiger partial charge in [0.25, 0.3) is 5.91 Å². The van der Waals surface area contributed by atoms with Crippen molar-refractivity contribution in [1.82, 2.24) is 9.88 Å². The maximum Gasteiger partial charge on any atom is 0.254 e. The Morgan fingerprint density at radius 2 is 1.70 bits per heavy atom. The Bertz CT molecular complexity index is 1110. The van der Waals surface area contributed by atoms with Crippen LogP contribution in [0.3, 0.4) is 0 Å². The lowest BCUT2D eigenvalue weighted by Gasteiger charge is -2.27. The molecule has 4 nitrogen and oxygen atoms in total. The highest BCUT2D eigenvalue weighted by Crippen LogP contribution is 2.30. The number of aromatic nitrogens is 1. The minimum atomic E-state index is 0.0886. The van der Waals surface area contributed by atoms with E-state index in [2.05, 4.69) is 0 Å². The van der Waals surface area contributed by atoms with Crippen molar-refractivity contribution in [2.24, 2.45) is 0 Å². The molecular formula is C23H20N2O2. The first-order valence-corrected chi connectivity index (χ1v) is 9.48. The molecule has 1 fully saturated rings. The third-order valence-electron chi connectivity index (χ3n) is 5.27. The number of carbonyl (C=O) groups excluding carboxylic acids is 1. The molecule has 1 amide bonds. The van der Waals surface area contributed by atoms with Crippen LogP contribution in [0.25, 0.3) is 33.3 Å². The van der Waals surface area contributed by atoms with E-state index in [9.17, 15) is 4.79 Å². The molecule has 0 aliphatic carbocycles. The van der Waals surface area contributed by atoms with E-state index in [1.54, 1.807) is 0 Å². The number of likely N-dealkylation sites (tertiary alicyclic amines) is 1. The Kier molecular flexibility index (Phi) is 3.89. The van der Waals surface area contributed by atoms with Crippen molar-refractivity contribution in [2.75, 3.05) is 13.1 Å². The fourth-order valence-corrected chi connectivity index (χ4v) is 3.85. The van der Waals surface area contributed by atoms with Gasteiger partial charge in [0.1, 0.15) is 11.3 Å². The quantitative estimate of drug-likeness (QED) is 0.491. The predicted octanol–water partition coefficient (Wildman–Crippen LogP) is 5.27. The van der Waals surface area contributed by atoms with Crippen LogP contribution < -0.4 is 0 Å². The first kappa shape index (κ1) is 16.1. The lowest BCUT2D eigenvalue weighted by atomic mass is 10.0. The molecule has 1 aliphatic rings. The van der Waals surface area contributed by atoms with Crippen molar-refractivity contribution in [3.05, 3.63) is 66.2 Å². The maximum atomic E-state index is 13.2. The standard InChI is InChI=1S/C23H20N2O2/c26-23(25-12-6-1-7-13-25)18-15-20(24-19-10-4-3-9-17(18)19)22-14-16-8-2-5-11-21(16)27-22/h2-5,8-11,14-15H,1,6-7,12-13H2. The van der Waals surface area contributed by atoms with Crippen LogP contribution in [0.1, 0.15) is 29.6 Å². The van der Waals surface area contributed by atoms with Crippen LogP contribution in [0.4, 0.5) is 0 Å². The van der Waals surface area contributed by atoms with Crippen LogP contribution in [0.5, 0.6) is 0 Å². The van der Waals surface area contributed by atoms with E-state index in [1.165, 1.54) is 6.42 Å². The van der Waals surface area contributed by atoms with Gasteiger partial charge in [-0.1, -0.05) is 36.4 Å². The highest BCUT2D eigenvalue weighted by atomic mass is 16.3. The van der Waals surface area contributed by atoms with Gasteiger partial charge in [-0.05, 0) is 43.5 Å². The largest absolute Gasteiger partial charge is 0.454 e. The molecule has 0 unspecified atom stereocenters. The zero-order chi connectivity index (χ0) is 18.2. The average molecular weight is 356 g/mol. The van der Waals surface area contributed by atoms with E-state index in [0.717, 1.165) is 47.8 Å². The lowest BCUT2D eigenvalue weighted by molar-refractivity contribution is 0.0726. The van der Waals surface area contributed by atoms with E-state index in [0.29, 0.717) is 17.0 Å². The van der Waals surface area contributed by atoms with Gasteiger partial charge in [-0.25, -0.2) is 4.98 Å². The van der Waals surface area contributed by atoms with Crippen LogP contribution in [0.15, 0.2) is 65.1 Å². The molecule has 2 aromatic carbocycles. The smallest absolute Gasteiger partial charge is 0.254 e. The molecule has 0 atom stereocenters. The third kappa shape index (κ3) is 2.87. The Labute approximate surface area is 157 Å². The van der Waals surface area contributed by atoms with Crippen molar-refractivity contribution in [3.8, 4) is 11.5 Å². The second-order valence-corrected chi connectivity index (χ2v) is 7.07. The molecule has 1 saturated heterocycles. The molecule has 0 radical (unpaired) electrons. The number of carbonyl (C=O) groups is 1. The second kappa shape index (κ2) is 6.54. The lowest BCUT2D eigenvalue weighted by Crippen LogP contribution is -2.35. The molecule has 0 spiro atoms. The summed E-state index contributed by atoms with van der Waals surface area (Å²) in [6.07, 6.45) is 3.35. The van der Waals surface area contributed by atoms with Gasteiger partial charge in [-0.3, -0.25) is 4.79 Å². The van der Waals surface area contributed by atoms with Crippen LogP contribution in [0.2, 0.25) is 0 Å². The van der Waals surface area contributed by atoms with Crippen LogP contribution in [-0.4, -0.2) is 28.9 Å². The molecule has 4 aromatic rings. The normalized spacial score (nSPS) is 14.7. The summed E-state index contributed by atoms with van der Waals surface area (Å²) in [5, 5.41) is 1.93. The average Bonchev–Trinajstić information content (AvgIpc) is 3.17. The van der Waals surface area contributed by atoms with Crippen molar-refractivity contribution in [3.63, 3.8) is 0 Å². The Hall–Kier alpha value is -3.14. The monoisotopic (exact) mass is 356 g/mol. The first-order valence-electron chi connectivity index (χ1n) is 9.48. The van der Waals surface area contributed by atoms with Crippen LogP contribution in [0, 0.1) is 0 Å².